The Morgan fingerprint density at radius 3 is 2.55 bits per heavy atom. The van der Waals surface area contributed by atoms with Gasteiger partial charge in [0, 0.05) is 0 Å². The van der Waals surface area contributed by atoms with Crippen LogP contribution in [-0.4, -0.2) is 30.6 Å². The average molecular weight is 407 g/mol. The molecule has 0 bridgehead atoms. The summed E-state index contributed by atoms with van der Waals surface area (Å²) < 4.78 is 10.5. The highest BCUT2D eigenvalue weighted by Gasteiger charge is 2.34. The van der Waals surface area contributed by atoms with Gasteiger partial charge in [0.1, 0.15) is 11.6 Å². The maximum absolute atomic E-state index is 13.0. The monoisotopic (exact) mass is 407 g/mol. The van der Waals surface area contributed by atoms with Gasteiger partial charge in [0.2, 0.25) is 0 Å². The van der Waals surface area contributed by atoms with E-state index in [-0.39, 0.29) is 17.3 Å². The van der Waals surface area contributed by atoms with Crippen LogP contribution < -0.4 is 19.7 Å². The lowest BCUT2D eigenvalue weighted by atomic mass is 10.1. The maximum Gasteiger partial charge on any atom is 0.270 e. The van der Waals surface area contributed by atoms with Crippen molar-refractivity contribution < 1.29 is 19.1 Å². The Morgan fingerprint density at radius 1 is 1.17 bits per heavy atom. The normalized spacial score (nSPS) is 15.1. The number of amides is 2. The second-order valence-corrected chi connectivity index (χ2v) is 6.54. The molecule has 1 aliphatic rings. The number of nitrogens with one attached hydrogen (secondary N) is 1. The fourth-order valence-corrected chi connectivity index (χ4v) is 3.04. The summed E-state index contributed by atoms with van der Waals surface area (Å²) in [6.45, 7) is 1.81. The molecule has 7 nitrogen and oxygen atoms in total. The van der Waals surface area contributed by atoms with Crippen LogP contribution in [0.1, 0.15) is 11.1 Å². The average Bonchev–Trinajstić information content (AvgIpc) is 2.71. The molecular formula is C21H17N3O4S. The molecular weight excluding hydrogens is 390 g/mol. The van der Waals surface area contributed by atoms with Crippen molar-refractivity contribution >= 4 is 40.9 Å². The number of thiocarbonyl (C=S) groups is 1. The van der Waals surface area contributed by atoms with Crippen LogP contribution in [-0.2, 0) is 9.59 Å². The molecule has 1 heterocycles. The Morgan fingerprint density at radius 2 is 1.90 bits per heavy atom. The summed E-state index contributed by atoms with van der Waals surface area (Å²) in [5, 5.41) is 11.2. The van der Waals surface area contributed by atoms with Gasteiger partial charge in [0.05, 0.1) is 12.8 Å². The first kappa shape index (κ1) is 20.0. The molecule has 2 aromatic rings. The van der Waals surface area contributed by atoms with Crippen LogP contribution in [0.2, 0.25) is 0 Å². The van der Waals surface area contributed by atoms with Gasteiger partial charge >= 0.3 is 0 Å². The van der Waals surface area contributed by atoms with E-state index in [4.69, 9.17) is 27.0 Å². The van der Waals surface area contributed by atoms with Gasteiger partial charge in [0.15, 0.2) is 23.2 Å². The number of hydrogen-bond donors (Lipinski definition) is 1. The number of benzene rings is 2. The minimum absolute atomic E-state index is 0.0267. The van der Waals surface area contributed by atoms with Crippen LogP contribution in [0.4, 0.5) is 5.69 Å². The summed E-state index contributed by atoms with van der Waals surface area (Å²) in [5.41, 5.74) is 2.09. The van der Waals surface area contributed by atoms with E-state index in [1.807, 2.05) is 25.1 Å². The number of hydrogen-bond acceptors (Lipinski definition) is 6. The molecule has 8 heteroatoms. The van der Waals surface area contributed by atoms with E-state index in [9.17, 15) is 9.59 Å². The van der Waals surface area contributed by atoms with Gasteiger partial charge in [-0.3, -0.25) is 19.8 Å². The van der Waals surface area contributed by atoms with Crippen molar-refractivity contribution in [3.8, 4) is 17.6 Å². The molecule has 1 aliphatic heterocycles. The minimum atomic E-state index is -0.577. The third-order valence-corrected chi connectivity index (χ3v) is 4.47. The van der Waals surface area contributed by atoms with E-state index in [1.165, 1.54) is 18.1 Å². The third-order valence-electron chi connectivity index (χ3n) is 4.18. The summed E-state index contributed by atoms with van der Waals surface area (Å²) in [5.74, 6) is -0.333. The molecule has 0 saturated carbocycles. The number of methoxy groups -OCH3 is 1. The zero-order valence-electron chi connectivity index (χ0n) is 15.8. The van der Waals surface area contributed by atoms with Crippen LogP contribution in [0.25, 0.3) is 6.08 Å². The van der Waals surface area contributed by atoms with Crippen LogP contribution in [0.15, 0.2) is 48.0 Å². The second kappa shape index (κ2) is 8.54. The fourth-order valence-electron chi connectivity index (χ4n) is 2.76. The highest BCUT2D eigenvalue weighted by molar-refractivity contribution is 7.80. The Hall–Kier alpha value is -3.70. The van der Waals surface area contributed by atoms with E-state index in [0.717, 1.165) is 5.56 Å². The predicted molar refractivity (Wildman–Crippen MR) is 111 cm³/mol. The van der Waals surface area contributed by atoms with Crippen molar-refractivity contribution in [3.63, 3.8) is 0 Å². The fraction of sp³-hybridized carbons (Fsp3) is 0.143. The first-order valence-electron chi connectivity index (χ1n) is 8.60. The number of carbonyl (C=O) groups is 2. The Kier molecular flexibility index (Phi) is 5.90. The van der Waals surface area contributed by atoms with Gasteiger partial charge in [0.25, 0.3) is 11.8 Å². The molecule has 0 radical (unpaired) electrons. The summed E-state index contributed by atoms with van der Waals surface area (Å²) >= 11 is 5.19. The molecule has 0 aliphatic carbocycles. The van der Waals surface area contributed by atoms with Crippen LogP contribution in [0.3, 0.4) is 0 Å². The molecule has 1 saturated heterocycles. The minimum Gasteiger partial charge on any atom is -0.493 e. The summed E-state index contributed by atoms with van der Waals surface area (Å²) in [6, 6.07) is 14.0. The topological polar surface area (TPSA) is 91.7 Å². The number of nitriles is 1. The third kappa shape index (κ3) is 4.25. The summed E-state index contributed by atoms with van der Waals surface area (Å²) in [7, 11) is 1.46. The number of ether oxygens (including phenoxy) is 2. The van der Waals surface area contributed by atoms with Crippen LogP contribution in [0, 0.1) is 18.3 Å². The van der Waals surface area contributed by atoms with E-state index in [1.54, 1.807) is 30.3 Å². The Balaban J connectivity index is 1.96. The molecule has 0 spiro atoms. The molecule has 2 aromatic carbocycles. The van der Waals surface area contributed by atoms with Gasteiger partial charge < -0.3 is 9.47 Å². The lowest BCUT2D eigenvalue weighted by Crippen LogP contribution is -2.54. The number of nitrogens with zero attached hydrogens (tertiary/aromatic N) is 2. The van der Waals surface area contributed by atoms with Crippen molar-refractivity contribution in [2.24, 2.45) is 0 Å². The SMILES string of the molecule is COc1cc(/C=C2\C(=O)NC(=S)N(c3ccc(C)cc3)C2=O)ccc1OCC#N. The van der Waals surface area contributed by atoms with Gasteiger partial charge in [-0.1, -0.05) is 23.8 Å². The first-order valence-corrected chi connectivity index (χ1v) is 9.01. The number of rotatable bonds is 5. The van der Waals surface area contributed by atoms with Crippen LogP contribution >= 0.6 is 12.2 Å². The predicted octanol–water partition coefficient (Wildman–Crippen LogP) is 2.74. The van der Waals surface area contributed by atoms with Crippen molar-refractivity contribution in [1.29, 1.82) is 5.26 Å². The standard InChI is InChI=1S/C21H17N3O4S/c1-13-3-6-15(7-4-13)24-20(26)16(19(25)23-21(24)29)11-14-5-8-17(28-10-9-22)18(12-14)27-2/h3-8,11-12H,10H2,1-2H3,(H,23,25,29)/b16-11+. The number of anilines is 1. The zero-order chi connectivity index (χ0) is 21.0. The highest BCUT2D eigenvalue weighted by Crippen LogP contribution is 2.30. The molecule has 1 fully saturated rings. The Labute approximate surface area is 173 Å². The van der Waals surface area contributed by atoms with Crippen molar-refractivity contribution in [3.05, 3.63) is 59.2 Å². The Bertz CT molecular complexity index is 1050. The molecule has 1 N–H and O–H groups in total. The molecule has 0 unspecified atom stereocenters. The van der Waals surface area contributed by atoms with Crippen molar-refractivity contribution in [2.75, 3.05) is 18.6 Å². The van der Waals surface area contributed by atoms with E-state index in [0.29, 0.717) is 22.7 Å². The number of aryl methyl sites for hydroxylation is 1. The van der Waals surface area contributed by atoms with Crippen LogP contribution in [0.5, 0.6) is 11.5 Å². The first-order chi connectivity index (χ1) is 13.9. The van der Waals surface area contributed by atoms with Gasteiger partial charge in [-0.15, -0.1) is 0 Å². The second-order valence-electron chi connectivity index (χ2n) is 6.15. The summed E-state index contributed by atoms with van der Waals surface area (Å²) in [6.07, 6.45) is 1.46. The largest absolute Gasteiger partial charge is 0.493 e. The quantitative estimate of drug-likeness (QED) is 0.466. The van der Waals surface area contributed by atoms with Gasteiger partial charge in [-0.2, -0.15) is 5.26 Å². The van der Waals surface area contributed by atoms with E-state index in [2.05, 4.69) is 5.32 Å². The molecule has 0 aromatic heterocycles. The van der Waals surface area contributed by atoms with Gasteiger partial charge in [-0.05, 0) is 55.0 Å². The smallest absolute Gasteiger partial charge is 0.270 e. The summed E-state index contributed by atoms with van der Waals surface area (Å²) in [4.78, 5) is 26.7. The van der Waals surface area contributed by atoms with E-state index >= 15 is 0 Å². The lowest BCUT2D eigenvalue weighted by molar-refractivity contribution is -0.122. The van der Waals surface area contributed by atoms with Gasteiger partial charge in [-0.25, -0.2) is 0 Å². The molecule has 2 amide bonds. The van der Waals surface area contributed by atoms with Crippen molar-refractivity contribution in [1.82, 2.24) is 5.32 Å². The van der Waals surface area contributed by atoms with Crippen molar-refractivity contribution in [2.45, 2.75) is 6.92 Å². The lowest BCUT2D eigenvalue weighted by Gasteiger charge is -2.29. The highest BCUT2D eigenvalue weighted by atomic mass is 32.1. The maximum atomic E-state index is 13.0. The molecule has 29 heavy (non-hydrogen) atoms. The molecule has 0 atom stereocenters. The molecule has 146 valence electrons. The number of carbonyl (C=O) groups excluding carboxylic acids is 2. The zero-order valence-corrected chi connectivity index (χ0v) is 16.6. The van der Waals surface area contributed by atoms with E-state index < -0.39 is 11.8 Å². The molecule has 3 rings (SSSR count).